The average molecular weight is 403 g/mol. The van der Waals surface area contributed by atoms with Crippen molar-refractivity contribution in [2.75, 3.05) is 13.6 Å². The fraction of sp³-hybridized carbons (Fsp3) is 0.609. The molecule has 0 spiro atoms. The highest BCUT2D eigenvalue weighted by atomic mass is 19.1. The van der Waals surface area contributed by atoms with Crippen LogP contribution in [0.4, 0.5) is 4.39 Å². The minimum Gasteiger partial charge on any atom is -0.346 e. The highest BCUT2D eigenvalue weighted by molar-refractivity contribution is 6.11. The highest BCUT2D eigenvalue weighted by Crippen LogP contribution is 2.43. The monoisotopic (exact) mass is 402 g/mol. The summed E-state index contributed by atoms with van der Waals surface area (Å²) in [5.74, 6) is -1.46. The molecule has 6 heteroatoms. The second-order valence-corrected chi connectivity index (χ2v) is 8.45. The Morgan fingerprint density at radius 3 is 2.55 bits per heavy atom. The lowest BCUT2D eigenvalue weighted by Crippen LogP contribution is -2.47. The van der Waals surface area contributed by atoms with Crippen molar-refractivity contribution >= 4 is 17.7 Å². The van der Waals surface area contributed by atoms with Crippen LogP contribution in [0.25, 0.3) is 0 Å². The van der Waals surface area contributed by atoms with Crippen LogP contribution >= 0.6 is 0 Å². The van der Waals surface area contributed by atoms with E-state index in [2.05, 4.69) is 0 Å². The molecule has 0 aromatic heterocycles. The first kappa shape index (κ1) is 21.5. The van der Waals surface area contributed by atoms with Crippen LogP contribution in [0.1, 0.15) is 70.3 Å². The lowest BCUT2D eigenvalue weighted by molar-refractivity contribution is -0.145. The quantitative estimate of drug-likeness (QED) is 0.652. The topological polar surface area (TPSA) is 57.7 Å². The Balaban J connectivity index is 1.96. The Hall–Kier alpha value is -2.24. The number of benzene rings is 1. The Kier molecular flexibility index (Phi) is 6.70. The van der Waals surface area contributed by atoms with Crippen LogP contribution in [0, 0.1) is 5.82 Å². The second kappa shape index (κ2) is 9.06. The summed E-state index contributed by atoms with van der Waals surface area (Å²) in [5.41, 5.74) is -1.29. The van der Waals surface area contributed by atoms with Gasteiger partial charge >= 0.3 is 0 Å². The third-order valence-corrected chi connectivity index (χ3v) is 6.40. The van der Waals surface area contributed by atoms with Gasteiger partial charge in [0.1, 0.15) is 5.82 Å². The summed E-state index contributed by atoms with van der Waals surface area (Å²) in [6, 6.07) is 5.92. The van der Waals surface area contributed by atoms with E-state index in [0.29, 0.717) is 6.54 Å². The molecule has 3 amide bonds. The minimum absolute atomic E-state index is 0.134. The molecule has 1 atom stereocenters. The minimum atomic E-state index is -1.45. The first-order valence-electron chi connectivity index (χ1n) is 10.8. The summed E-state index contributed by atoms with van der Waals surface area (Å²) < 4.78 is 14.8. The Morgan fingerprint density at radius 2 is 1.90 bits per heavy atom. The number of nitrogens with zero attached hydrogens (tertiary/aromatic N) is 2. The molecular formula is C23H31FN2O3. The third-order valence-electron chi connectivity index (χ3n) is 6.40. The summed E-state index contributed by atoms with van der Waals surface area (Å²) in [6.45, 7) is 2.62. The molecule has 29 heavy (non-hydrogen) atoms. The van der Waals surface area contributed by atoms with Crippen LogP contribution in [0.5, 0.6) is 0 Å². The van der Waals surface area contributed by atoms with Gasteiger partial charge in [0.2, 0.25) is 17.7 Å². The van der Waals surface area contributed by atoms with Gasteiger partial charge in [-0.05, 0) is 25.3 Å². The normalized spacial score (nSPS) is 22.9. The van der Waals surface area contributed by atoms with Crippen molar-refractivity contribution in [3.8, 4) is 0 Å². The number of hydrogen-bond donors (Lipinski definition) is 0. The lowest BCUT2D eigenvalue weighted by Gasteiger charge is -2.33. The standard InChI is InChI=1S/C23H31FN2O3/c1-3-4-14-25(2)20(27)15-23(18-12-8-9-13-19(18)24)16-21(28)26(22(23)29)17-10-6-5-7-11-17/h8-9,12-13,17H,3-7,10-11,14-16H2,1-2H3/t23-/m0/s1. The number of rotatable bonds is 7. The molecule has 1 saturated heterocycles. The summed E-state index contributed by atoms with van der Waals surface area (Å²) >= 11 is 0. The number of imide groups is 1. The van der Waals surface area contributed by atoms with Crippen molar-refractivity contribution in [3.63, 3.8) is 0 Å². The molecule has 0 N–H and O–H groups in total. The molecule has 1 aromatic carbocycles. The number of carbonyl (C=O) groups excluding carboxylic acids is 3. The fourth-order valence-electron chi connectivity index (χ4n) is 4.68. The molecule has 1 heterocycles. The van der Waals surface area contributed by atoms with Crippen LogP contribution in [0.3, 0.4) is 0 Å². The molecule has 0 bridgehead atoms. The predicted molar refractivity (Wildman–Crippen MR) is 109 cm³/mol. The van der Waals surface area contributed by atoms with Crippen LogP contribution in [-0.2, 0) is 19.8 Å². The van der Waals surface area contributed by atoms with Crippen molar-refractivity contribution in [2.45, 2.75) is 76.2 Å². The third kappa shape index (κ3) is 4.21. The van der Waals surface area contributed by atoms with Gasteiger partial charge in [-0.15, -0.1) is 0 Å². The number of halogens is 1. The van der Waals surface area contributed by atoms with Crippen molar-refractivity contribution in [3.05, 3.63) is 35.6 Å². The lowest BCUT2D eigenvalue weighted by atomic mass is 9.75. The molecule has 3 rings (SSSR count). The van der Waals surface area contributed by atoms with Crippen molar-refractivity contribution < 1.29 is 18.8 Å². The highest BCUT2D eigenvalue weighted by Gasteiger charge is 2.56. The molecular weight excluding hydrogens is 371 g/mol. The van der Waals surface area contributed by atoms with Crippen LogP contribution in [0.15, 0.2) is 24.3 Å². The van der Waals surface area contributed by atoms with Crippen molar-refractivity contribution in [1.29, 1.82) is 0 Å². The van der Waals surface area contributed by atoms with Gasteiger partial charge < -0.3 is 4.90 Å². The summed E-state index contributed by atoms with van der Waals surface area (Å²) in [5, 5.41) is 0. The molecule has 0 radical (unpaired) electrons. The van der Waals surface area contributed by atoms with Gasteiger partial charge in [-0.1, -0.05) is 50.8 Å². The van der Waals surface area contributed by atoms with E-state index in [0.717, 1.165) is 44.9 Å². The van der Waals surface area contributed by atoms with Gasteiger partial charge in [0.15, 0.2) is 0 Å². The molecule has 2 aliphatic rings. The molecule has 1 aromatic rings. The van der Waals surface area contributed by atoms with Gasteiger partial charge in [0.05, 0.1) is 5.41 Å². The maximum atomic E-state index is 14.8. The first-order valence-corrected chi connectivity index (χ1v) is 10.8. The predicted octanol–water partition coefficient (Wildman–Crippen LogP) is 3.80. The van der Waals surface area contributed by atoms with E-state index >= 15 is 0 Å². The van der Waals surface area contributed by atoms with Gasteiger partial charge in [0, 0.05) is 38.0 Å². The zero-order valence-electron chi connectivity index (χ0n) is 17.5. The SMILES string of the molecule is CCCCN(C)C(=O)C[C@@]1(c2ccccc2F)CC(=O)N(C2CCCCC2)C1=O. The van der Waals surface area contributed by atoms with Gasteiger partial charge in [-0.25, -0.2) is 4.39 Å². The molecule has 1 saturated carbocycles. The zero-order valence-corrected chi connectivity index (χ0v) is 17.5. The molecule has 5 nitrogen and oxygen atoms in total. The number of amides is 3. The molecule has 158 valence electrons. The zero-order chi connectivity index (χ0) is 21.0. The first-order chi connectivity index (χ1) is 13.9. The summed E-state index contributed by atoms with van der Waals surface area (Å²) in [7, 11) is 1.70. The van der Waals surface area contributed by atoms with E-state index in [4.69, 9.17) is 0 Å². The van der Waals surface area contributed by atoms with Gasteiger partial charge in [0.25, 0.3) is 0 Å². The van der Waals surface area contributed by atoms with Gasteiger partial charge in [-0.3, -0.25) is 19.3 Å². The molecule has 1 aliphatic heterocycles. The second-order valence-electron chi connectivity index (χ2n) is 8.45. The van der Waals surface area contributed by atoms with Gasteiger partial charge in [-0.2, -0.15) is 0 Å². The van der Waals surface area contributed by atoms with E-state index in [1.807, 2.05) is 6.92 Å². The van der Waals surface area contributed by atoms with E-state index in [1.54, 1.807) is 30.1 Å². The molecule has 2 fully saturated rings. The number of hydrogen-bond acceptors (Lipinski definition) is 3. The van der Waals surface area contributed by atoms with Crippen LogP contribution < -0.4 is 0 Å². The summed E-state index contributed by atoms with van der Waals surface area (Å²) in [4.78, 5) is 42.5. The Morgan fingerprint density at radius 1 is 1.21 bits per heavy atom. The van der Waals surface area contributed by atoms with Crippen molar-refractivity contribution in [2.24, 2.45) is 0 Å². The summed E-state index contributed by atoms with van der Waals surface area (Å²) in [6.07, 6.45) is 6.12. The smallest absolute Gasteiger partial charge is 0.241 e. The average Bonchev–Trinajstić information content (AvgIpc) is 2.97. The van der Waals surface area contributed by atoms with Crippen molar-refractivity contribution in [1.82, 2.24) is 9.80 Å². The number of likely N-dealkylation sites (tertiary alicyclic amines) is 1. The van der Waals surface area contributed by atoms with Crippen LogP contribution in [0.2, 0.25) is 0 Å². The maximum absolute atomic E-state index is 14.8. The van der Waals surface area contributed by atoms with E-state index < -0.39 is 17.1 Å². The van der Waals surface area contributed by atoms with E-state index in [9.17, 15) is 18.8 Å². The maximum Gasteiger partial charge on any atom is 0.241 e. The number of unbranched alkanes of at least 4 members (excludes halogenated alkanes) is 1. The fourth-order valence-corrected chi connectivity index (χ4v) is 4.68. The Bertz CT molecular complexity index is 775. The Labute approximate surface area is 172 Å². The largest absolute Gasteiger partial charge is 0.346 e. The number of carbonyl (C=O) groups is 3. The van der Waals surface area contributed by atoms with E-state index in [-0.39, 0.29) is 36.3 Å². The molecule has 0 unspecified atom stereocenters. The van der Waals surface area contributed by atoms with Crippen LogP contribution in [-0.4, -0.2) is 47.2 Å². The molecule has 1 aliphatic carbocycles. The van der Waals surface area contributed by atoms with E-state index in [1.165, 1.54) is 11.0 Å².